The summed E-state index contributed by atoms with van der Waals surface area (Å²) in [6.07, 6.45) is 2.47. The van der Waals surface area contributed by atoms with Crippen LogP contribution in [0.4, 0.5) is 4.39 Å². The van der Waals surface area contributed by atoms with Crippen molar-refractivity contribution in [2.45, 2.75) is 13.5 Å². The standard InChI is InChI=1S/C16H14ClFN4O3/c1-3-20-22-9(2)21-13(7-14(22)16(24)25)15(23)19-8-10-4-5-12(18)11(17)6-10/h3-7H,2,8H2,1H3,(H,19,23)(H,24,25)/b20-3-. The molecule has 130 valence electrons. The van der Waals surface area contributed by atoms with Gasteiger partial charge in [-0.05, 0) is 24.6 Å². The molecule has 0 aliphatic carbocycles. The summed E-state index contributed by atoms with van der Waals surface area (Å²) in [5, 5.41) is 16.6. The van der Waals surface area contributed by atoms with Crippen molar-refractivity contribution in [2.75, 3.05) is 0 Å². The van der Waals surface area contributed by atoms with Crippen LogP contribution >= 0.6 is 11.6 Å². The summed E-state index contributed by atoms with van der Waals surface area (Å²) >= 11 is 5.68. The van der Waals surface area contributed by atoms with Crippen LogP contribution in [0.1, 0.15) is 12.5 Å². The second kappa shape index (κ2) is 7.71. The second-order valence-corrected chi connectivity index (χ2v) is 5.27. The Kier molecular flexibility index (Phi) is 5.66. The summed E-state index contributed by atoms with van der Waals surface area (Å²) in [6, 6.07) is 4.04. The first-order valence-electron chi connectivity index (χ1n) is 7.07. The molecule has 9 heteroatoms. The zero-order valence-electron chi connectivity index (χ0n) is 13.2. The van der Waals surface area contributed by atoms with E-state index in [1.54, 1.807) is 6.92 Å². The molecule has 0 fully saturated rings. The lowest BCUT2D eigenvalue weighted by molar-refractivity contribution is -0.134. The van der Waals surface area contributed by atoms with Crippen molar-refractivity contribution in [1.82, 2.24) is 10.3 Å². The number of aliphatic imine (C=N–C) groups is 1. The van der Waals surface area contributed by atoms with Gasteiger partial charge in [-0.1, -0.05) is 24.2 Å². The van der Waals surface area contributed by atoms with Gasteiger partial charge in [0.2, 0.25) is 0 Å². The minimum atomic E-state index is -1.28. The monoisotopic (exact) mass is 364 g/mol. The van der Waals surface area contributed by atoms with Gasteiger partial charge in [-0.15, -0.1) is 0 Å². The highest BCUT2D eigenvalue weighted by atomic mass is 35.5. The van der Waals surface area contributed by atoms with Gasteiger partial charge in [0.05, 0.1) is 5.02 Å². The summed E-state index contributed by atoms with van der Waals surface area (Å²) in [5.41, 5.74) is 0.195. The van der Waals surface area contributed by atoms with Crippen LogP contribution in [0, 0.1) is 5.82 Å². The summed E-state index contributed by atoms with van der Waals surface area (Å²) in [7, 11) is 0. The molecule has 0 saturated carbocycles. The average Bonchev–Trinajstić information content (AvgIpc) is 2.57. The van der Waals surface area contributed by atoms with Gasteiger partial charge in [0, 0.05) is 18.8 Å². The molecule has 0 unspecified atom stereocenters. The van der Waals surface area contributed by atoms with E-state index in [9.17, 15) is 19.1 Å². The van der Waals surface area contributed by atoms with Crippen molar-refractivity contribution < 1.29 is 19.1 Å². The summed E-state index contributed by atoms with van der Waals surface area (Å²) in [4.78, 5) is 27.5. The zero-order valence-corrected chi connectivity index (χ0v) is 13.9. The van der Waals surface area contributed by atoms with Gasteiger partial charge in [-0.3, -0.25) is 4.79 Å². The minimum Gasteiger partial charge on any atom is -0.477 e. The molecule has 0 spiro atoms. The molecule has 2 N–H and O–H groups in total. The molecular formula is C16H14ClFN4O3. The summed E-state index contributed by atoms with van der Waals surface area (Å²) < 4.78 is 13.1. The molecule has 25 heavy (non-hydrogen) atoms. The third-order valence-corrected chi connectivity index (χ3v) is 3.41. The van der Waals surface area contributed by atoms with Crippen LogP contribution in [0.15, 0.2) is 52.5 Å². The molecular weight excluding hydrogens is 351 g/mol. The van der Waals surface area contributed by atoms with Crippen LogP contribution in [0.2, 0.25) is 5.02 Å². The van der Waals surface area contributed by atoms with E-state index in [0.717, 1.165) is 11.1 Å². The van der Waals surface area contributed by atoms with Crippen LogP contribution in [0.3, 0.4) is 0 Å². The number of hydrazone groups is 1. The SMILES string of the molecule is C=C1N=C(C(=O)NCc2ccc(F)c(Cl)c2)C=C(C(=O)O)N1/N=C\C. The maximum absolute atomic E-state index is 13.1. The Morgan fingerprint density at radius 2 is 2.24 bits per heavy atom. The number of amides is 1. The molecule has 1 aromatic carbocycles. The van der Waals surface area contributed by atoms with Crippen LogP contribution < -0.4 is 5.32 Å². The highest BCUT2D eigenvalue weighted by Gasteiger charge is 2.26. The highest BCUT2D eigenvalue weighted by Crippen LogP contribution is 2.19. The van der Waals surface area contributed by atoms with E-state index in [0.29, 0.717) is 5.56 Å². The first-order chi connectivity index (χ1) is 11.8. The summed E-state index contributed by atoms with van der Waals surface area (Å²) in [6.45, 7) is 5.27. The maximum atomic E-state index is 13.1. The third kappa shape index (κ3) is 4.30. The summed E-state index contributed by atoms with van der Waals surface area (Å²) in [5.74, 6) is -2.46. The Hall–Kier alpha value is -3.00. The highest BCUT2D eigenvalue weighted by molar-refractivity contribution is 6.44. The Bertz CT molecular complexity index is 833. The van der Waals surface area contributed by atoms with E-state index in [2.05, 4.69) is 22.0 Å². The van der Waals surface area contributed by atoms with Crippen LogP contribution in [0.25, 0.3) is 0 Å². The van der Waals surface area contributed by atoms with E-state index in [4.69, 9.17) is 11.6 Å². The van der Waals surface area contributed by atoms with Gasteiger partial charge in [-0.2, -0.15) is 5.10 Å². The minimum absolute atomic E-state index is 0.00650. The van der Waals surface area contributed by atoms with Crippen molar-refractivity contribution in [3.05, 3.63) is 58.8 Å². The lowest BCUT2D eigenvalue weighted by Gasteiger charge is -2.22. The third-order valence-electron chi connectivity index (χ3n) is 3.12. The van der Waals surface area contributed by atoms with E-state index in [1.165, 1.54) is 24.4 Å². The number of halogens is 2. The number of carboxylic acid groups (broad SMARTS) is 1. The molecule has 1 aliphatic heterocycles. The Morgan fingerprint density at radius 1 is 1.52 bits per heavy atom. The normalized spacial score (nSPS) is 14.4. The first kappa shape index (κ1) is 18.3. The number of nitrogens with zero attached hydrogens (tertiary/aromatic N) is 3. The number of hydrogen-bond acceptors (Lipinski definition) is 5. The molecule has 0 aromatic heterocycles. The number of benzene rings is 1. The molecule has 7 nitrogen and oxygen atoms in total. The lowest BCUT2D eigenvalue weighted by Crippen LogP contribution is -2.34. The molecule has 0 saturated heterocycles. The second-order valence-electron chi connectivity index (χ2n) is 4.86. The molecule has 0 radical (unpaired) electrons. The molecule has 2 rings (SSSR count). The average molecular weight is 365 g/mol. The fraction of sp³-hybridized carbons (Fsp3) is 0.125. The van der Waals surface area contributed by atoms with Gasteiger partial charge in [0.15, 0.2) is 5.70 Å². The Labute approximate surface area is 147 Å². The van der Waals surface area contributed by atoms with Crippen LogP contribution in [-0.4, -0.2) is 33.9 Å². The van der Waals surface area contributed by atoms with Crippen LogP contribution in [-0.2, 0) is 16.1 Å². The Balaban J connectivity index is 2.15. The largest absolute Gasteiger partial charge is 0.477 e. The number of rotatable bonds is 5. The molecule has 1 heterocycles. The van der Waals surface area contributed by atoms with E-state index in [-0.39, 0.29) is 28.8 Å². The van der Waals surface area contributed by atoms with Crippen LogP contribution in [0.5, 0.6) is 0 Å². The fourth-order valence-corrected chi connectivity index (χ4v) is 2.19. The number of carboxylic acids is 1. The van der Waals surface area contributed by atoms with E-state index >= 15 is 0 Å². The van der Waals surface area contributed by atoms with Crippen molar-refractivity contribution >= 4 is 35.4 Å². The van der Waals surface area contributed by atoms with Gasteiger partial charge in [0.25, 0.3) is 5.91 Å². The number of hydrogen-bond donors (Lipinski definition) is 2. The predicted octanol–water partition coefficient (Wildman–Crippen LogP) is 2.30. The van der Waals surface area contributed by atoms with Gasteiger partial charge >= 0.3 is 5.97 Å². The maximum Gasteiger partial charge on any atom is 0.354 e. The van der Waals surface area contributed by atoms with E-state index in [1.807, 2.05) is 0 Å². The van der Waals surface area contributed by atoms with Gasteiger partial charge < -0.3 is 10.4 Å². The molecule has 1 aromatic rings. The molecule has 1 aliphatic rings. The van der Waals surface area contributed by atoms with Crippen molar-refractivity contribution in [3.8, 4) is 0 Å². The quantitative estimate of drug-likeness (QED) is 0.784. The van der Waals surface area contributed by atoms with Gasteiger partial charge in [-0.25, -0.2) is 19.2 Å². The van der Waals surface area contributed by atoms with Crippen molar-refractivity contribution in [2.24, 2.45) is 10.1 Å². The molecule has 0 atom stereocenters. The smallest absolute Gasteiger partial charge is 0.354 e. The Morgan fingerprint density at radius 3 is 2.84 bits per heavy atom. The van der Waals surface area contributed by atoms with Gasteiger partial charge in [0.1, 0.15) is 17.3 Å². The number of aliphatic carboxylic acids is 1. The molecule has 0 bridgehead atoms. The number of carbonyl (C=O) groups is 2. The molecule has 1 amide bonds. The lowest BCUT2D eigenvalue weighted by atomic mass is 10.2. The number of carbonyl (C=O) groups excluding carboxylic acids is 1. The fourth-order valence-electron chi connectivity index (χ4n) is 1.98. The number of nitrogens with one attached hydrogen (secondary N) is 1. The first-order valence-corrected chi connectivity index (χ1v) is 7.44. The van der Waals surface area contributed by atoms with Crippen molar-refractivity contribution in [3.63, 3.8) is 0 Å². The van der Waals surface area contributed by atoms with Crippen molar-refractivity contribution in [1.29, 1.82) is 0 Å². The topological polar surface area (TPSA) is 94.4 Å². The predicted molar refractivity (Wildman–Crippen MR) is 91.6 cm³/mol. The van der Waals surface area contributed by atoms with E-state index < -0.39 is 17.7 Å². The zero-order chi connectivity index (χ0) is 18.6.